The molecule has 2 aromatic rings. The van der Waals surface area contributed by atoms with Crippen molar-refractivity contribution in [3.63, 3.8) is 0 Å². The van der Waals surface area contributed by atoms with Gasteiger partial charge in [0.2, 0.25) is 0 Å². The molecule has 3 atom stereocenters. The first-order valence-electron chi connectivity index (χ1n) is 7.79. The maximum absolute atomic E-state index is 14.3. The number of likely N-dealkylation sites (tertiary alicyclic amines) is 1. The molecule has 0 aromatic heterocycles. The van der Waals surface area contributed by atoms with E-state index < -0.39 is 0 Å². The number of hydrogen-bond acceptors (Lipinski definition) is 1. The van der Waals surface area contributed by atoms with Crippen molar-refractivity contribution in [2.75, 3.05) is 13.6 Å². The van der Waals surface area contributed by atoms with Crippen molar-refractivity contribution in [2.24, 2.45) is 0 Å². The van der Waals surface area contributed by atoms with Crippen LogP contribution >= 0.6 is 0 Å². The molecule has 0 N–H and O–H groups in total. The van der Waals surface area contributed by atoms with E-state index in [1.807, 2.05) is 12.1 Å². The Labute approximate surface area is 125 Å². The highest BCUT2D eigenvalue weighted by atomic mass is 19.1. The van der Waals surface area contributed by atoms with Crippen LogP contribution in [0.4, 0.5) is 4.39 Å². The average molecular weight is 281 g/mol. The van der Waals surface area contributed by atoms with Gasteiger partial charge in [0, 0.05) is 17.9 Å². The molecule has 21 heavy (non-hydrogen) atoms. The smallest absolute Gasteiger partial charge is 0.127 e. The van der Waals surface area contributed by atoms with E-state index in [1.54, 1.807) is 12.1 Å². The summed E-state index contributed by atoms with van der Waals surface area (Å²) in [5, 5.41) is 0. The van der Waals surface area contributed by atoms with Gasteiger partial charge in [-0.3, -0.25) is 0 Å². The third kappa shape index (κ3) is 2.01. The Balaban J connectivity index is 1.85. The van der Waals surface area contributed by atoms with E-state index >= 15 is 0 Å². The summed E-state index contributed by atoms with van der Waals surface area (Å²) >= 11 is 0. The highest BCUT2D eigenvalue weighted by molar-refractivity contribution is 5.44. The van der Waals surface area contributed by atoms with Gasteiger partial charge in [-0.1, -0.05) is 42.5 Å². The van der Waals surface area contributed by atoms with E-state index in [1.165, 1.54) is 17.5 Å². The zero-order valence-electron chi connectivity index (χ0n) is 12.3. The SMILES string of the molecule is CN1CCC2c3ccccc3C(c3ccccc3F)C[C@@H]21. The van der Waals surface area contributed by atoms with E-state index in [-0.39, 0.29) is 11.7 Å². The highest BCUT2D eigenvalue weighted by Crippen LogP contribution is 2.48. The molecule has 0 saturated carbocycles. The third-order valence-corrected chi connectivity index (χ3v) is 5.35. The molecule has 0 spiro atoms. The fourth-order valence-corrected chi connectivity index (χ4v) is 4.30. The summed E-state index contributed by atoms with van der Waals surface area (Å²) in [4.78, 5) is 2.45. The van der Waals surface area contributed by atoms with Crippen molar-refractivity contribution < 1.29 is 4.39 Å². The molecule has 1 nitrogen and oxygen atoms in total. The van der Waals surface area contributed by atoms with E-state index in [0.717, 1.165) is 18.5 Å². The molecule has 2 aromatic carbocycles. The van der Waals surface area contributed by atoms with Gasteiger partial charge in [0.1, 0.15) is 5.82 Å². The predicted octanol–water partition coefficient (Wildman–Crippen LogP) is 4.15. The third-order valence-electron chi connectivity index (χ3n) is 5.35. The van der Waals surface area contributed by atoms with Crippen LogP contribution in [0.2, 0.25) is 0 Å². The summed E-state index contributed by atoms with van der Waals surface area (Å²) in [7, 11) is 2.21. The Morgan fingerprint density at radius 3 is 2.38 bits per heavy atom. The van der Waals surface area contributed by atoms with Crippen LogP contribution in [0.5, 0.6) is 0 Å². The first-order valence-corrected chi connectivity index (χ1v) is 7.79. The van der Waals surface area contributed by atoms with Crippen LogP contribution in [0, 0.1) is 5.82 Å². The molecule has 1 aliphatic carbocycles. The van der Waals surface area contributed by atoms with Crippen molar-refractivity contribution >= 4 is 0 Å². The fourth-order valence-electron chi connectivity index (χ4n) is 4.30. The second kappa shape index (κ2) is 4.96. The summed E-state index contributed by atoms with van der Waals surface area (Å²) in [5.41, 5.74) is 3.62. The molecule has 108 valence electrons. The number of likely N-dealkylation sites (N-methyl/N-ethyl adjacent to an activating group) is 1. The molecule has 1 fully saturated rings. The Hall–Kier alpha value is -1.67. The molecule has 2 heteroatoms. The van der Waals surface area contributed by atoms with Crippen LogP contribution in [-0.4, -0.2) is 24.5 Å². The first-order chi connectivity index (χ1) is 10.3. The Bertz CT molecular complexity index is 666. The number of halogens is 1. The Morgan fingerprint density at radius 2 is 1.62 bits per heavy atom. The molecular weight excluding hydrogens is 261 g/mol. The van der Waals surface area contributed by atoms with Crippen LogP contribution in [0.3, 0.4) is 0 Å². The van der Waals surface area contributed by atoms with Crippen LogP contribution in [0.15, 0.2) is 48.5 Å². The Kier molecular flexibility index (Phi) is 3.07. The zero-order chi connectivity index (χ0) is 14.4. The van der Waals surface area contributed by atoms with Gasteiger partial charge in [-0.05, 0) is 49.2 Å². The van der Waals surface area contributed by atoms with Crippen LogP contribution < -0.4 is 0 Å². The topological polar surface area (TPSA) is 3.24 Å². The molecule has 0 amide bonds. The number of fused-ring (bicyclic) bond motifs is 3. The van der Waals surface area contributed by atoms with Crippen LogP contribution in [0.1, 0.15) is 41.4 Å². The number of benzene rings is 2. The van der Waals surface area contributed by atoms with Gasteiger partial charge in [-0.2, -0.15) is 0 Å². The fraction of sp³-hybridized carbons (Fsp3) is 0.368. The summed E-state index contributed by atoms with van der Waals surface area (Å²) in [6.07, 6.45) is 2.25. The van der Waals surface area contributed by atoms with Gasteiger partial charge in [-0.15, -0.1) is 0 Å². The van der Waals surface area contributed by atoms with Crippen molar-refractivity contribution in [1.29, 1.82) is 0 Å². The van der Waals surface area contributed by atoms with E-state index in [4.69, 9.17) is 0 Å². The van der Waals surface area contributed by atoms with Gasteiger partial charge in [0.15, 0.2) is 0 Å². The first kappa shape index (κ1) is 13.0. The molecule has 1 aliphatic heterocycles. The van der Waals surface area contributed by atoms with Gasteiger partial charge in [-0.25, -0.2) is 4.39 Å². The number of rotatable bonds is 1. The molecule has 1 heterocycles. The number of hydrogen-bond donors (Lipinski definition) is 0. The molecule has 1 saturated heterocycles. The second-order valence-electron chi connectivity index (χ2n) is 6.38. The average Bonchev–Trinajstić information content (AvgIpc) is 2.89. The Morgan fingerprint density at radius 1 is 0.952 bits per heavy atom. The van der Waals surface area contributed by atoms with E-state index in [2.05, 4.69) is 36.2 Å². The lowest BCUT2D eigenvalue weighted by molar-refractivity contribution is 0.264. The lowest BCUT2D eigenvalue weighted by atomic mass is 9.71. The second-order valence-corrected chi connectivity index (χ2v) is 6.38. The summed E-state index contributed by atoms with van der Waals surface area (Å²) in [6.45, 7) is 1.15. The largest absolute Gasteiger partial charge is 0.303 e. The van der Waals surface area contributed by atoms with Gasteiger partial charge in [0.25, 0.3) is 0 Å². The maximum atomic E-state index is 14.3. The zero-order valence-corrected chi connectivity index (χ0v) is 12.3. The summed E-state index contributed by atoms with van der Waals surface area (Å²) < 4.78 is 14.3. The molecule has 2 aliphatic rings. The minimum Gasteiger partial charge on any atom is -0.303 e. The van der Waals surface area contributed by atoms with Crippen molar-refractivity contribution in [1.82, 2.24) is 4.90 Å². The molecular formula is C19H20FN. The maximum Gasteiger partial charge on any atom is 0.127 e. The van der Waals surface area contributed by atoms with Crippen LogP contribution in [0.25, 0.3) is 0 Å². The minimum atomic E-state index is -0.0728. The quantitative estimate of drug-likeness (QED) is 0.759. The van der Waals surface area contributed by atoms with Crippen molar-refractivity contribution in [2.45, 2.75) is 30.7 Å². The normalized spacial score (nSPS) is 28.2. The minimum absolute atomic E-state index is 0.0728. The molecule has 2 unspecified atom stereocenters. The lowest BCUT2D eigenvalue weighted by Crippen LogP contribution is -2.34. The predicted molar refractivity (Wildman–Crippen MR) is 83.1 cm³/mol. The molecule has 0 bridgehead atoms. The van der Waals surface area contributed by atoms with E-state index in [0.29, 0.717) is 12.0 Å². The van der Waals surface area contributed by atoms with Crippen molar-refractivity contribution in [3.8, 4) is 0 Å². The summed E-state index contributed by atoms with van der Waals surface area (Å²) in [5.74, 6) is 0.731. The molecule has 0 radical (unpaired) electrons. The van der Waals surface area contributed by atoms with Gasteiger partial charge >= 0.3 is 0 Å². The van der Waals surface area contributed by atoms with Crippen LogP contribution in [-0.2, 0) is 0 Å². The molecule has 4 rings (SSSR count). The van der Waals surface area contributed by atoms with Crippen molar-refractivity contribution in [3.05, 3.63) is 71.0 Å². The van der Waals surface area contributed by atoms with Gasteiger partial charge < -0.3 is 4.90 Å². The van der Waals surface area contributed by atoms with Gasteiger partial charge in [0.05, 0.1) is 0 Å². The standard InChI is InChI=1S/C19H20FN/c1-21-11-10-16-13-6-2-3-7-14(13)17(12-19(16)21)15-8-4-5-9-18(15)20/h2-9,16-17,19H,10-12H2,1H3/t16?,17?,19-/m0/s1. The number of nitrogens with zero attached hydrogens (tertiary/aromatic N) is 1. The van der Waals surface area contributed by atoms with E-state index in [9.17, 15) is 4.39 Å². The monoisotopic (exact) mass is 281 g/mol. The summed E-state index contributed by atoms with van der Waals surface area (Å²) in [6, 6.07) is 16.5. The highest BCUT2D eigenvalue weighted by Gasteiger charge is 2.41. The lowest BCUT2D eigenvalue weighted by Gasteiger charge is -2.37.